The molecule has 1 aliphatic carbocycles. The van der Waals surface area contributed by atoms with E-state index in [1.54, 1.807) is 0 Å². The minimum atomic E-state index is 0.0589. The van der Waals surface area contributed by atoms with Crippen LogP contribution in [0.25, 0.3) is 0 Å². The van der Waals surface area contributed by atoms with E-state index in [0.29, 0.717) is 6.04 Å². The molecule has 0 atom stereocenters. The van der Waals surface area contributed by atoms with Gasteiger partial charge in [0.25, 0.3) is 5.91 Å². The predicted octanol–water partition coefficient (Wildman–Crippen LogP) is 2.11. The lowest BCUT2D eigenvalue weighted by Gasteiger charge is -2.32. The van der Waals surface area contributed by atoms with Gasteiger partial charge in [-0.1, -0.05) is 6.07 Å². The molecule has 0 radical (unpaired) electrons. The summed E-state index contributed by atoms with van der Waals surface area (Å²) in [5.74, 6) is 0.0589. The highest BCUT2D eigenvalue weighted by Gasteiger charge is 2.32. The minimum Gasteiger partial charge on any atom is -0.378 e. The molecule has 1 aliphatic heterocycles. The molecule has 1 aromatic carbocycles. The van der Waals surface area contributed by atoms with E-state index in [0.717, 1.165) is 43.2 Å². The summed E-state index contributed by atoms with van der Waals surface area (Å²) in [5, 5.41) is 3.20. The largest absolute Gasteiger partial charge is 0.378 e. The van der Waals surface area contributed by atoms with Crippen LogP contribution < -0.4 is 10.2 Å². The first kappa shape index (κ1) is 14.4. The van der Waals surface area contributed by atoms with Crippen LogP contribution in [-0.2, 0) is 0 Å². The number of nitrogens with zero attached hydrogens (tertiary/aromatic N) is 2. The van der Waals surface area contributed by atoms with Crippen molar-refractivity contribution in [1.29, 1.82) is 0 Å². The first-order chi connectivity index (χ1) is 10.1. The van der Waals surface area contributed by atoms with Gasteiger partial charge in [-0.05, 0) is 43.9 Å². The third-order valence-corrected chi connectivity index (χ3v) is 4.55. The van der Waals surface area contributed by atoms with Gasteiger partial charge in [0.15, 0.2) is 0 Å². The van der Waals surface area contributed by atoms with E-state index in [-0.39, 0.29) is 5.91 Å². The zero-order chi connectivity index (χ0) is 14.8. The lowest BCUT2D eigenvalue weighted by atomic mass is 10.0. The number of hydrogen-bond donors (Lipinski definition) is 1. The number of carbonyl (C=O) groups excluding carboxylic acids is 1. The van der Waals surface area contributed by atoms with E-state index in [1.807, 2.05) is 43.3 Å². The molecule has 0 spiro atoms. The summed E-state index contributed by atoms with van der Waals surface area (Å²) in [7, 11) is 3.98. The SMILES string of the molecule is CN(C)c1cccc(C(=O)NC2CCN(C3CC3)CC2)c1. The van der Waals surface area contributed by atoms with Gasteiger partial charge in [0.1, 0.15) is 0 Å². The average Bonchev–Trinajstić information content (AvgIpc) is 3.33. The third-order valence-electron chi connectivity index (χ3n) is 4.55. The summed E-state index contributed by atoms with van der Waals surface area (Å²) in [6.07, 6.45) is 4.90. The van der Waals surface area contributed by atoms with Gasteiger partial charge in [-0.15, -0.1) is 0 Å². The monoisotopic (exact) mass is 287 g/mol. The molecule has 0 aromatic heterocycles. The number of nitrogens with one attached hydrogen (secondary N) is 1. The Morgan fingerprint density at radius 2 is 1.90 bits per heavy atom. The molecule has 0 bridgehead atoms. The van der Waals surface area contributed by atoms with Gasteiger partial charge in [-0.25, -0.2) is 0 Å². The van der Waals surface area contributed by atoms with Gasteiger partial charge in [-0.3, -0.25) is 4.79 Å². The van der Waals surface area contributed by atoms with Crippen molar-refractivity contribution >= 4 is 11.6 Å². The highest BCUT2D eigenvalue weighted by Crippen LogP contribution is 2.29. The van der Waals surface area contributed by atoms with E-state index in [4.69, 9.17) is 0 Å². The highest BCUT2D eigenvalue weighted by molar-refractivity contribution is 5.95. The molecule has 1 heterocycles. The summed E-state index contributed by atoms with van der Waals surface area (Å²) in [6, 6.07) is 8.98. The van der Waals surface area contributed by atoms with E-state index < -0.39 is 0 Å². The first-order valence-corrected chi connectivity index (χ1v) is 7.96. The topological polar surface area (TPSA) is 35.6 Å². The van der Waals surface area contributed by atoms with Crippen molar-refractivity contribution < 1.29 is 4.79 Å². The van der Waals surface area contributed by atoms with Crippen molar-refractivity contribution in [2.75, 3.05) is 32.1 Å². The van der Waals surface area contributed by atoms with E-state index >= 15 is 0 Å². The van der Waals surface area contributed by atoms with Crippen molar-refractivity contribution in [3.8, 4) is 0 Å². The molecule has 1 N–H and O–H groups in total. The smallest absolute Gasteiger partial charge is 0.251 e. The number of amides is 1. The van der Waals surface area contributed by atoms with E-state index in [1.165, 1.54) is 12.8 Å². The van der Waals surface area contributed by atoms with Crippen molar-refractivity contribution in [2.24, 2.45) is 0 Å². The molecule has 4 nitrogen and oxygen atoms in total. The molecular formula is C17H25N3O. The summed E-state index contributed by atoms with van der Waals surface area (Å²) >= 11 is 0. The van der Waals surface area contributed by atoms with Gasteiger partial charge in [0.2, 0.25) is 0 Å². The molecule has 1 saturated heterocycles. The van der Waals surface area contributed by atoms with Crippen LogP contribution in [-0.4, -0.2) is 50.1 Å². The summed E-state index contributed by atoms with van der Waals surface area (Å²) in [4.78, 5) is 17.0. The Balaban J connectivity index is 1.55. The fraction of sp³-hybridized carbons (Fsp3) is 0.588. The molecule has 4 heteroatoms. The Morgan fingerprint density at radius 1 is 1.19 bits per heavy atom. The van der Waals surface area contributed by atoms with Crippen LogP contribution in [0.1, 0.15) is 36.0 Å². The molecule has 0 unspecified atom stereocenters. The minimum absolute atomic E-state index is 0.0589. The normalized spacial score (nSPS) is 20.3. The fourth-order valence-corrected chi connectivity index (χ4v) is 3.04. The molecule has 1 amide bonds. The van der Waals surface area contributed by atoms with Crippen molar-refractivity contribution in [2.45, 2.75) is 37.8 Å². The standard InChI is InChI=1S/C17H25N3O/c1-19(2)16-5-3-4-13(12-16)17(21)18-14-8-10-20(11-9-14)15-6-7-15/h3-5,12,14-15H,6-11H2,1-2H3,(H,18,21). The summed E-state index contributed by atoms with van der Waals surface area (Å²) in [5.41, 5.74) is 1.82. The summed E-state index contributed by atoms with van der Waals surface area (Å²) in [6.45, 7) is 2.26. The maximum absolute atomic E-state index is 12.4. The lowest BCUT2D eigenvalue weighted by Crippen LogP contribution is -2.45. The van der Waals surface area contributed by atoms with Crippen molar-refractivity contribution in [3.05, 3.63) is 29.8 Å². The lowest BCUT2D eigenvalue weighted by molar-refractivity contribution is 0.0909. The second-order valence-electron chi connectivity index (χ2n) is 6.46. The Kier molecular flexibility index (Phi) is 4.15. The highest BCUT2D eigenvalue weighted by atomic mass is 16.1. The first-order valence-electron chi connectivity index (χ1n) is 7.96. The molecule has 1 aromatic rings. The van der Waals surface area contributed by atoms with Crippen LogP contribution in [0, 0.1) is 0 Å². The second kappa shape index (κ2) is 6.06. The van der Waals surface area contributed by atoms with Crippen molar-refractivity contribution in [1.82, 2.24) is 10.2 Å². The van der Waals surface area contributed by atoms with Gasteiger partial charge >= 0.3 is 0 Å². The number of rotatable bonds is 4. The molecule has 2 aliphatic rings. The third kappa shape index (κ3) is 3.56. The van der Waals surface area contributed by atoms with E-state index in [9.17, 15) is 4.79 Å². The number of hydrogen-bond acceptors (Lipinski definition) is 3. The van der Waals surface area contributed by atoms with Gasteiger partial charge in [0, 0.05) is 50.5 Å². The Hall–Kier alpha value is -1.55. The maximum atomic E-state index is 12.4. The zero-order valence-electron chi connectivity index (χ0n) is 13.0. The van der Waals surface area contributed by atoms with Crippen LogP contribution >= 0.6 is 0 Å². The molecule has 2 fully saturated rings. The average molecular weight is 287 g/mol. The molecule has 3 rings (SSSR count). The molecule has 1 saturated carbocycles. The van der Waals surface area contributed by atoms with Crippen LogP contribution in [0.3, 0.4) is 0 Å². The maximum Gasteiger partial charge on any atom is 0.251 e. The molecular weight excluding hydrogens is 262 g/mol. The summed E-state index contributed by atoms with van der Waals surface area (Å²) < 4.78 is 0. The number of benzene rings is 1. The van der Waals surface area contributed by atoms with Gasteiger partial charge < -0.3 is 15.1 Å². The number of likely N-dealkylation sites (tertiary alicyclic amines) is 1. The van der Waals surface area contributed by atoms with Gasteiger partial charge in [-0.2, -0.15) is 0 Å². The Bertz CT molecular complexity index is 503. The number of carbonyl (C=O) groups is 1. The van der Waals surface area contributed by atoms with Crippen LogP contribution in [0.2, 0.25) is 0 Å². The number of anilines is 1. The molecule has 21 heavy (non-hydrogen) atoms. The Morgan fingerprint density at radius 3 is 2.52 bits per heavy atom. The molecule has 114 valence electrons. The quantitative estimate of drug-likeness (QED) is 0.921. The predicted molar refractivity (Wildman–Crippen MR) is 85.9 cm³/mol. The van der Waals surface area contributed by atoms with Crippen LogP contribution in [0.5, 0.6) is 0 Å². The van der Waals surface area contributed by atoms with Crippen molar-refractivity contribution in [3.63, 3.8) is 0 Å². The van der Waals surface area contributed by atoms with E-state index in [2.05, 4.69) is 10.2 Å². The van der Waals surface area contributed by atoms with Crippen LogP contribution in [0.4, 0.5) is 5.69 Å². The Labute approximate surface area is 127 Å². The van der Waals surface area contributed by atoms with Gasteiger partial charge in [0.05, 0.1) is 0 Å². The number of piperidine rings is 1. The zero-order valence-corrected chi connectivity index (χ0v) is 13.0. The van der Waals surface area contributed by atoms with Crippen LogP contribution in [0.15, 0.2) is 24.3 Å². The fourth-order valence-electron chi connectivity index (χ4n) is 3.04. The second-order valence-corrected chi connectivity index (χ2v) is 6.46.